The van der Waals surface area contributed by atoms with Crippen LogP contribution in [0.2, 0.25) is 39.8 Å². The SMILES string of the molecule is CC(C)[Si](O[C@H]1C[C@H](CCCO[Si](c2ccccc2)(c2ccccc2)C(C)(C)C)O[C@@H]2C[C@@H]3O[C@@H]4C[C@@H]5O[C@]6(C)C[C@]7(C)O[C@@H]8C=C[C@](C)(O[Si](C)(C)C(C)(C)C)[C@@H](/C=C\I)O[C@H]8C[C@H]7O[C@H]6CC[C@H]5O[C@H]4C[C@@]3(C)O[C@@]12C)(C(C)C)C(C)C. The molecule has 11 nitrogen and oxygen atoms in total. The second-order valence-electron chi connectivity index (χ2n) is 31.5. The molecule has 8 heterocycles. The first-order valence-corrected chi connectivity index (χ1v) is 40.9. The molecule has 0 spiro atoms. The van der Waals surface area contributed by atoms with Crippen LogP contribution in [0.15, 0.2) is 83.0 Å². The average molecular weight is 1330 g/mol. The Morgan fingerprint density at radius 1 is 0.631 bits per heavy atom. The summed E-state index contributed by atoms with van der Waals surface area (Å²) in [6, 6.07) is 22.0. The molecular weight excluding hydrogens is 1220 g/mol. The van der Waals surface area contributed by atoms with Gasteiger partial charge in [0, 0.05) is 45.1 Å². The Morgan fingerprint density at radius 2 is 1.25 bits per heavy atom. The molecule has 0 unspecified atom stereocenters. The molecule has 8 aliphatic rings. The molecule has 18 atom stereocenters. The average Bonchev–Trinajstić information content (AvgIpc) is 1.13. The third-order valence-corrected chi connectivity index (χ3v) is 38.6. The van der Waals surface area contributed by atoms with Crippen LogP contribution in [0.5, 0.6) is 0 Å². The molecule has 8 aliphatic heterocycles. The maximum atomic E-state index is 7.97. The number of halogens is 1. The van der Waals surface area contributed by atoms with Crippen molar-refractivity contribution in [1.82, 2.24) is 0 Å². The summed E-state index contributed by atoms with van der Waals surface area (Å²) in [4.78, 5) is 0. The van der Waals surface area contributed by atoms with Crippen molar-refractivity contribution in [2.24, 2.45) is 0 Å². The fourth-order valence-electron chi connectivity index (χ4n) is 17.3. The lowest BCUT2D eigenvalue weighted by Crippen LogP contribution is -2.73. The Kier molecular flexibility index (Phi) is 18.9. The van der Waals surface area contributed by atoms with E-state index in [9.17, 15) is 0 Å². The fraction of sp³-hybridized carbons (Fsp3) is 0.768. The maximum absolute atomic E-state index is 7.97. The Bertz CT molecular complexity index is 2570. The molecule has 0 aliphatic carbocycles. The first-order chi connectivity index (χ1) is 39.2. The predicted molar refractivity (Wildman–Crippen MR) is 352 cm³/mol. The largest absolute Gasteiger partial charge is 0.410 e. The number of ether oxygens (including phenoxy) is 8. The van der Waals surface area contributed by atoms with Crippen LogP contribution in [0.3, 0.4) is 0 Å². The zero-order valence-electron chi connectivity index (χ0n) is 55.0. The number of hydrogen-bond donors (Lipinski definition) is 0. The molecule has 7 fully saturated rings. The van der Waals surface area contributed by atoms with Gasteiger partial charge < -0.3 is 51.2 Å². The number of rotatable bonds is 15. The van der Waals surface area contributed by atoms with Gasteiger partial charge in [-0.25, -0.2) is 0 Å². The van der Waals surface area contributed by atoms with E-state index >= 15 is 0 Å². The van der Waals surface area contributed by atoms with Crippen LogP contribution < -0.4 is 10.4 Å². The van der Waals surface area contributed by atoms with Crippen molar-refractivity contribution in [1.29, 1.82) is 0 Å². The van der Waals surface area contributed by atoms with Crippen molar-refractivity contribution in [2.75, 3.05) is 6.61 Å². The van der Waals surface area contributed by atoms with Gasteiger partial charge in [-0.3, -0.25) is 0 Å². The number of fused-ring (bicyclic) bond motifs is 7. The molecular formula is C69H109IO11Si3. The molecule has 84 heavy (non-hydrogen) atoms. The highest BCUT2D eigenvalue weighted by Crippen LogP contribution is 2.56. The van der Waals surface area contributed by atoms with Crippen molar-refractivity contribution in [2.45, 2.75) is 329 Å². The van der Waals surface area contributed by atoms with Crippen molar-refractivity contribution < 1.29 is 51.2 Å². The van der Waals surface area contributed by atoms with E-state index in [1.165, 1.54) is 10.4 Å². The van der Waals surface area contributed by atoms with E-state index in [0.29, 0.717) is 29.7 Å². The van der Waals surface area contributed by atoms with E-state index in [2.05, 4.69) is 236 Å². The molecule has 15 heteroatoms. The van der Waals surface area contributed by atoms with E-state index in [4.69, 9.17) is 51.2 Å². The first-order valence-electron chi connectivity index (χ1n) is 32.7. The van der Waals surface area contributed by atoms with Crippen molar-refractivity contribution in [3.05, 3.63) is 83.0 Å². The van der Waals surface area contributed by atoms with Crippen LogP contribution in [0.4, 0.5) is 0 Å². The molecule has 10 rings (SSSR count). The zero-order chi connectivity index (χ0) is 60.8. The summed E-state index contributed by atoms with van der Waals surface area (Å²) in [5.41, 5.74) is -1.87. The Balaban J connectivity index is 0.858. The molecule has 0 radical (unpaired) electrons. The smallest absolute Gasteiger partial charge is 0.261 e. The van der Waals surface area contributed by atoms with Gasteiger partial charge in [0.1, 0.15) is 23.4 Å². The quantitative estimate of drug-likeness (QED) is 0.0737. The topological polar surface area (TPSA) is 102 Å². The van der Waals surface area contributed by atoms with Crippen LogP contribution in [0.1, 0.15) is 182 Å². The summed E-state index contributed by atoms with van der Waals surface area (Å²) in [6.07, 6.45) is 12.3. The summed E-state index contributed by atoms with van der Waals surface area (Å²) in [5.74, 6) is 0. The van der Waals surface area contributed by atoms with Crippen molar-refractivity contribution in [3.8, 4) is 0 Å². The van der Waals surface area contributed by atoms with Crippen LogP contribution >= 0.6 is 22.6 Å². The van der Waals surface area contributed by atoms with Gasteiger partial charge in [0.15, 0.2) is 8.32 Å². The zero-order valence-corrected chi connectivity index (χ0v) is 60.1. The molecule has 470 valence electrons. The normalized spacial score (nSPS) is 40.2. The number of benzene rings is 2. The monoisotopic (exact) mass is 1320 g/mol. The van der Waals surface area contributed by atoms with E-state index in [1.807, 2.05) is 0 Å². The van der Waals surface area contributed by atoms with Gasteiger partial charge in [-0.15, -0.1) is 0 Å². The molecule has 0 saturated carbocycles. The van der Waals surface area contributed by atoms with Gasteiger partial charge in [0.25, 0.3) is 8.32 Å². The lowest BCUT2D eigenvalue weighted by Gasteiger charge is -2.63. The summed E-state index contributed by atoms with van der Waals surface area (Å²) >= 11 is 2.31. The highest BCUT2D eigenvalue weighted by Gasteiger charge is 2.66. The van der Waals surface area contributed by atoms with E-state index in [1.54, 1.807) is 0 Å². The van der Waals surface area contributed by atoms with E-state index in [-0.39, 0.29) is 89.4 Å². The second-order valence-corrected chi connectivity index (χ2v) is 46.7. The maximum Gasteiger partial charge on any atom is 0.261 e. The van der Waals surface area contributed by atoms with Gasteiger partial charge in [-0.1, -0.05) is 178 Å². The van der Waals surface area contributed by atoms with Gasteiger partial charge in [-0.05, 0) is 121 Å². The highest BCUT2D eigenvalue weighted by molar-refractivity contribution is 14.1. The second kappa shape index (κ2) is 24.2. The fourth-order valence-corrected chi connectivity index (χ4v) is 29.5. The van der Waals surface area contributed by atoms with E-state index in [0.717, 1.165) is 57.8 Å². The van der Waals surface area contributed by atoms with Crippen LogP contribution in [0.25, 0.3) is 0 Å². The summed E-state index contributed by atoms with van der Waals surface area (Å²) in [6.45, 7) is 44.9. The van der Waals surface area contributed by atoms with Gasteiger partial charge >= 0.3 is 0 Å². The Hall–Kier alpha value is -1.14. The minimum Gasteiger partial charge on any atom is -0.410 e. The predicted octanol–water partition coefficient (Wildman–Crippen LogP) is 15.0. The van der Waals surface area contributed by atoms with E-state index < -0.39 is 53.0 Å². The van der Waals surface area contributed by atoms with Crippen LogP contribution in [-0.4, -0.2) is 139 Å². The van der Waals surface area contributed by atoms with Crippen LogP contribution in [0, 0.1) is 0 Å². The lowest BCUT2D eigenvalue weighted by molar-refractivity contribution is -0.368. The number of hydrogen-bond acceptors (Lipinski definition) is 11. The van der Waals surface area contributed by atoms with Crippen molar-refractivity contribution >= 4 is 57.9 Å². The third-order valence-electron chi connectivity index (χ3n) is 22.5. The molecule has 0 aromatic heterocycles. The molecule has 2 aromatic rings. The first kappa shape index (κ1) is 65.8. The van der Waals surface area contributed by atoms with Gasteiger partial charge in [0.05, 0.1) is 83.9 Å². The molecule has 2 aromatic carbocycles. The third kappa shape index (κ3) is 12.1. The molecule has 0 amide bonds. The summed E-state index contributed by atoms with van der Waals surface area (Å²) in [5, 5.41) is 2.56. The Morgan fingerprint density at radius 3 is 1.85 bits per heavy atom. The Labute approximate surface area is 524 Å². The van der Waals surface area contributed by atoms with Gasteiger partial charge in [-0.2, -0.15) is 0 Å². The minimum absolute atomic E-state index is 0.0224. The summed E-state index contributed by atoms with van der Waals surface area (Å²) in [7, 11) is -7.25. The van der Waals surface area contributed by atoms with Crippen LogP contribution in [-0.2, 0) is 51.2 Å². The molecule has 0 bridgehead atoms. The molecule has 0 N–H and O–H groups in total. The standard InChI is InChI=1S/C69H109IO11Si3/c1-45(2)83(46(3)4,47(5)6)79-62-39-48(27-26-38-71-84(64(10,11)12,49-28-22-20-23-29-49)50-30-24-21-25-31-50)72-61-42-60-66(14,80-69(61,62)17)43-56-53(75-60)40-55-51(73-56)32-33-57-67(15,78-55)44-68(16)59(76-57)41-54-52(77-68)34-36-65(13,58(74-54)35-37-70)81-82(18,19)63(7,8)9/h20-25,28-31,34-37,45-48,51-62H,26-27,32-33,38-44H2,1-19H3/b37-35-/t48-,51+,52+,53+,54-,55-,56-,57-,58+,59+,60-,61+,62-,65-,66+,67+,68-,69+/m0/s1. The van der Waals surface area contributed by atoms with Crippen molar-refractivity contribution in [3.63, 3.8) is 0 Å². The summed E-state index contributed by atoms with van der Waals surface area (Å²) < 4.78 is 83.7. The minimum atomic E-state index is -2.70. The highest BCUT2D eigenvalue weighted by atomic mass is 127. The lowest BCUT2D eigenvalue weighted by atomic mass is 9.72. The molecule has 7 saturated heterocycles. The van der Waals surface area contributed by atoms with Gasteiger partial charge in [0.2, 0.25) is 8.32 Å².